The highest BCUT2D eigenvalue weighted by molar-refractivity contribution is 7.93. The zero-order chi connectivity index (χ0) is 14.4. The van der Waals surface area contributed by atoms with Crippen LogP contribution in [0.5, 0.6) is 0 Å². The van der Waals surface area contributed by atoms with Crippen molar-refractivity contribution in [3.8, 4) is 0 Å². The molecule has 6 nitrogen and oxygen atoms in total. The van der Waals surface area contributed by atoms with Crippen molar-refractivity contribution >= 4 is 26.6 Å². The van der Waals surface area contributed by atoms with Gasteiger partial charge in [-0.15, -0.1) is 5.10 Å². The lowest BCUT2D eigenvalue weighted by Crippen LogP contribution is -2.14. The molecule has 0 saturated heterocycles. The highest BCUT2D eigenvalue weighted by Crippen LogP contribution is 2.17. The van der Waals surface area contributed by atoms with Gasteiger partial charge in [0.1, 0.15) is 5.00 Å². The number of hydrogen-bond donors (Lipinski definition) is 2. The summed E-state index contributed by atoms with van der Waals surface area (Å²) in [6.07, 6.45) is 2.45. The molecule has 8 heteroatoms. The highest BCUT2D eigenvalue weighted by atomic mass is 32.2. The van der Waals surface area contributed by atoms with Crippen LogP contribution < -0.4 is 10.0 Å². The first-order valence-electron chi connectivity index (χ1n) is 6.21. The molecule has 0 aliphatic carbocycles. The number of anilines is 1. The van der Waals surface area contributed by atoms with E-state index in [9.17, 15) is 8.42 Å². The van der Waals surface area contributed by atoms with E-state index in [0.717, 1.165) is 36.6 Å². The average Bonchev–Trinajstić information content (AvgIpc) is 2.92. The van der Waals surface area contributed by atoms with Crippen molar-refractivity contribution in [3.63, 3.8) is 0 Å². The van der Waals surface area contributed by atoms with Crippen LogP contribution >= 0.6 is 11.5 Å². The fourth-order valence-electron chi connectivity index (χ4n) is 1.60. The van der Waals surface area contributed by atoms with Gasteiger partial charge in [0.05, 0.1) is 11.1 Å². The first-order chi connectivity index (χ1) is 9.62. The minimum atomic E-state index is -3.57. The maximum Gasteiger partial charge on any atom is 0.262 e. The van der Waals surface area contributed by atoms with E-state index in [1.165, 1.54) is 6.20 Å². The Labute approximate surface area is 122 Å². The van der Waals surface area contributed by atoms with E-state index in [-0.39, 0.29) is 4.90 Å². The van der Waals surface area contributed by atoms with Crippen LogP contribution in [0.3, 0.4) is 0 Å². The molecule has 0 aliphatic rings. The van der Waals surface area contributed by atoms with Crippen molar-refractivity contribution in [3.05, 3.63) is 36.0 Å². The Morgan fingerprint density at radius 3 is 2.60 bits per heavy atom. The summed E-state index contributed by atoms with van der Waals surface area (Å²) in [4.78, 5) is 0.227. The van der Waals surface area contributed by atoms with Crippen molar-refractivity contribution in [1.29, 1.82) is 0 Å². The number of nitrogens with zero attached hydrogens (tertiary/aromatic N) is 2. The van der Waals surface area contributed by atoms with E-state index in [2.05, 4.69) is 26.5 Å². The standard InChI is InChI=1S/C12H16N4O2S2/c1-2-7-13-8-10-3-5-11(6-4-10)20(17,18)15-12-9-14-16-19-12/h3-6,9,13,15H,2,7-8H2,1H3. The lowest BCUT2D eigenvalue weighted by molar-refractivity contribution is 0.601. The summed E-state index contributed by atoms with van der Waals surface area (Å²) in [5.74, 6) is 0. The van der Waals surface area contributed by atoms with E-state index in [1.807, 2.05) is 12.1 Å². The summed E-state index contributed by atoms with van der Waals surface area (Å²) in [5, 5.41) is 7.26. The Morgan fingerprint density at radius 1 is 1.25 bits per heavy atom. The molecule has 0 radical (unpaired) electrons. The lowest BCUT2D eigenvalue weighted by atomic mass is 10.2. The zero-order valence-electron chi connectivity index (χ0n) is 11.0. The number of aromatic nitrogens is 2. The molecule has 20 heavy (non-hydrogen) atoms. The van der Waals surface area contributed by atoms with E-state index in [4.69, 9.17) is 0 Å². The van der Waals surface area contributed by atoms with Crippen molar-refractivity contribution in [2.45, 2.75) is 24.8 Å². The van der Waals surface area contributed by atoms with Gasteiger partial charge < -0.3 is 5.32 Å². The van der Waals surface area contributed by atoms with Crippen LogP contribution in [0.15, 0.2) is 35.4 Å². The summed E-state index contributed by atoms with van der Waals surface area (Å²) < 4.78 is 30.2. The van der Waals surface area contributed by atoms with Crippen LogP contribution in [-0.2, 0) is 16.6 Å². The molecule has 0 unspecified atom stereocenters. The van der Waals surface area contributed by atoms with Crippen LogP contribution in [0, 0.1) is 0 Å². The van der Waals surface area contributed by atoms with E-state index in [1.54, 1.807) is 12.1 Å². The maximum absolute atomic E-state index is 12.1. The predicted molar refractivity (Wildman–Crippen MR) is 79.2 cm³/mol. The smallest absolute Gasteiger partial charge is 0.262 e. The molecule has 2 aromatic rings. The Morgan fingerprint density at radius 2 is 2.00 bits per heavy atom. The average molecular weight is 312 g/mol. The Balaban J connectivity index is 2.05. The van der Waals surface area contributed by atoms with Gasteiger partial charge in [-0.25, -0.2) is 8.42 Å². The number of rotatable bonds is 7. The molecule has 0 fully saturated rings. The van der Waals surface area contributed by atoms with Gasteiger partial charge in [0.25, 0.3) is 10.0 Å². The van der Waals surface area contributed by atoms with Crippen molar-refractivity contribution in [2.75, 3.05) is 11.3 Å². The third-order valence-electron chi connectivity index (χ3n) is 2.59. The first kappa shape index (κ1) is 14.9. The second kappa shape index (κ2) is 6.78. The van der Waals surface area contributed by atoms with E-state index < -0.39 is 10.0 Å². The molecule has 1 aromatic heterocycles. The molecule has 0 bridgehead atoms. The van der Waals surface area contributed by atoms with Crippen LogP contribution in [-0.4, -0.2) is 24.5 Å². The largest absolute Gasteiger partial charge is 0.313 e. The molecular formula is C12H16N4O2S2. The molecule has 0 saturated carbocycles. The van der Waals surface area contributed by atoms with Gasteiger partial charge in [-0.05, 0) is 30.7 Å². The second-order valence-corrected chi connectivity index (χ2v) is 6.68. The molecule has 1 heterocycles. The van der Waals surface area contributed by atoms with Crippen molar-refractivity contribution < 1.29 is 8.42 Å². The van der Waals surface area contributed by atoms with Crippen LogP contribution in [0.1, 0.15) is 18.9 Å². The number of nitrogens with one attached hydrogen (secondary N) is 2. The van der Waals surface area contributed by atoms with Gasteiger partial charge in [-0.1, -0.05) is 23.5 Å². The second-order valence-electron chi connectivity index (χ2n) is 4.21. The van der Waals surface area contributed by atoms with Gasteiger partial charge in [0.15, 0.2) is 0 Å². The van der Waals surface area contributed by atoms with Gasteiger partial charge in [-0.2, -0.15) is 0 Å². The molecule has 0 aliphatic heterocycles. The lowest BCUT2D eigenvalue weighted by Gasteiger charge is -2.07. The minimum absolute atomic E-state index is 0.227. The predicted octanol–water partition coefficient (Wildman–Crippen LogP) is 1.84. The van der Waals surface area contributed by atoms with E-state index in [0.29, 0.717) is 5.00 Å². The van der Waals surface area contributed by atoms with Gasteiger partial charge in [0.2, 0.25) is 0 Å². The molecule has 108 valence electrons. The first-order valence-corrected chi connectivity index (χ1v) is 8.47. The number of benzene rings is 1. The van der Waals surface area contributed by atoms with Crippen LogP contribution in [0.2, 0.25) is 0 Å². The molecule has 0 atom stereocenters. The fourth-order valence-corrected chi connectivity index (χ4v) is 3.28. The number of hydrogen-bond acceptors (Lipinski definition) is 6. The van der Waals surface area contributed by atoms with Gasteiger partial charge >= 0.3 is 0 Å². The van der Waals surface area contributed by atoms with Gasteiger partial charge in [0, 0.05) is 18.1 Å². The third kappa shape index (κ3) is 3.99. The van der Waals surface area contributed by atoms with Crippen LogP contribution in [0.4, 0.5) is 5.00 Å². The minimum Gasteiger partial charge on any atom is -0.313 e. The monoisotopic (exact) mass is 312 g/mol. The molecule has 1 aromatic carbocycles. The summed E-state index contributed by atoms with van der Waals surface area (Å²) in [5.41, 5.74) is 1.05. The maximum atomic E-state index is 12.1. The third-order valence-corrected chi connectivity index (χ3v) is 4.68. The van der Waals surface area contributed by atoms with Crippen molar-refractivity contribution in [1.82, 2.24) is 14.9 Å². The Hall–Kier alpha value is -1.51. The molecule has 0 spiro atoms. The fraction of sp³-hybridized carbons (Fsp3) is 0.333. The van der Waals surface area contributed by atoms with E-state index >= 15 is 0 Å². The quantitative estimate of drug-likeness (QED) is 0.762. The molecule has 2 N–H and O–H groups in total. The van der Waals surface area contributed by atoms with Crippen LogP contribution in [0.25, 0.3) is 0 Å². The summed E-state index contributed by atoms with van der Waals surface area (Å²) >= 11 is 1.000. The number of sulfonamides is 1. The Kier molecular flexibility index (Phi) is 5.05. The topological polar surface area (TPSA) is 84.0 Å². The molecular weight excluding hydrogens is 296 g/mol. The summed E-state index contributed by atoms with van der Waals surface area (Å²) in [6.45, 7) is 3.78. The zero-order valence-corrected chi connectivity index (χ0v) is 12.7. The Bertz CT molecular complexity index is 624. The molecule has 0 amide bonds. The van der Waals surface area contributed by atoms with Crippen molar-refractivity contribution in [2.24, 2.45) is 0 Å². The summed E-state index contributed by atoms with van der Waals surface area (Å²) in [7, 11) is -3.57. The normalized spacial score (nSPS) is 11.4. The summed E-state index contributed by atoms with van der Waals surface area (Å²) in [6, 6.07) is 6.81. The molecule has 2 rings (SSSR count). The highest BCUT2D eigenvalue weighted by Gasteiger charge is 2.14. The van der Waals surface area contributed by atoms with Gasteiger partial charge in [-0.3, -0.25) is 4.72 Å². The SMILES string of the molecule is CCCNCc1ccc(S(=O)(=O)Nc2cnns2)cc1.